The lowest BCUT2D eigenvalue weighted by molar-refractivity contribution is -0.897. The maximum Gasteiger partial charge on any atom is 0.277 e. The van der Waals surface area contributed by atoms with Gasteiger partial charge in [0.15, 0.2) is 6.54 Å². The molecular formula is C20H27N4O2S+. The number of hydrogen-bond acceptors (Lipinski definition) is 4. The number of fused-ring (bicyclic) bond motifs is 1. The maximum absolute atomic E-state index is 12.6. The zero-order chi connectivity index (χ0) is 18.8. The minimum atomic E-state index is 0.102. The van der Waals surface area contributed by atoms with Crippen molar-refractivity contribution in [1.29, 1.82) is 0 Å². The first-order valence-corrected chi connectivity index (χ1v) is 10.6. The second kappa shape index (κ2) is 7.94. The SMILES string of the molecule is CC(=O)N1CCN(C(=O)C[NH+]2CCC(c3nc4ccccc4s3)CC2)CC1. The Kier molecular flexibility index (Phi) is 5.41. The minimum Gasteiger partial charge on any atom is -0.339 e. The number of nitrogens with zero attached hydrogens (tertiary/aromatic N) is 3. The van der Waals surface area contributed by atoms with Crippen LogP contribution >= 0.6 is 11.3 Å². The molecule has 2 fully saturated rings. The molecule has 2 aliphatic heterocycles. The molecule has 0 unspecified atom stereocenters. The number of quaternary nitrogens is 1. The van der Waals surface area contributed by atoms with Crippen molar-refractivity contribution in [3.05, 3.63) is 29.3 Å². The van der Waals surface area contributed by atoms with Gasteiger partial charge in [0.1, 0.15) is 0 Å². The third-order valence-electron chi connectivity index (χ3n) is 5.83. The number of piperidine rings is 1. The zero-order valence-corrected chi connectivity index (χ0v) is 16.6. The fourth-order valence-corrected chi connectivity index (χ4v) is 5.25. The van der Waals surface area contributed by atoms with Gasteiger partial charge < -0.3 is 14.7 Å². The molecule has 0 radical (unpaired) electrons. The molecule has 3 heterocycles. The second-order valence-electron chi connectivity index (χ2n) is 7.61. The van der Waals surface area contributed by atoms with Crippen molar-refractivity contribution in [2.75, 3.05) is 45.8 Å². The Morgan fingerprint density at radius 2 is 1.78 bits per heavy atom. The molecule has 1 aromatic heterocycles. The number of para-hydroxylation sites is 1. The summed E-state index contributed by atoms with van der Waals surface area (Å²) in [5.74, 6) is 0.858. The average molecular weight is 388 g/mol. The molecule has 1 N–H and O–H groups in total. The van der Waals surface area contributed by atoms with Crippen LogP contribution in [0, 0.1) is 0 Å². The Morgan fingerprint density at radius 3 is 2.44 bits per heavy atom. The number of piperazine rings is 1. The fourth-order valence-electron chi connectivity index (χ4n) is 4.11. The lowest BCUT2D eigenvalue weighted by Crippen LogP contribution is -3.14. The number of benzene rings is 1. The number of carbonyl (C=O) groups excluding carboxylic acids is 2. The number of thiazole rings is 1. The van der Waals surface area contributed by atoms with E-state index in [1.807, 2.05) is 27.2 Å². The first kappa shape index (κ1) is 18.4. The monoisotopic (exact) mass is 387 g/mol. The van der Waals surface area contributed by atoms with Crippen LogP contribution in [-0.4, -0.2) is 72.4 Å². The Hall–Kier alpha value is -1.99. The van der Waals surface area contributed by atoms with E-state index in [-0.39, 0.29) is 11.8 Å². The van der Waals surface area contributed by atoms with Gasteiger partial charge in [-0.2, -0.15) is 0 Å². The Labute approximate surface area is 163 Å². The van der Waals surface area contributed by atoms with Gasteiger partial charge in [-0.25, -0.2) is 4.98 Å². The van der Waals surface area contributed by atoms with Crippen LogP contribution in [0.2, 0.25) is 0 Å². The molecule has 0 aliphatic carbocycles. The molecule has 2 aromatic rings. The minimum absolute atomic E-state index is 0.102. The molecule has 1 aromatic carbocycles. The van der Waals surface area contributed by atoms with Crippen LogP contribution in [0.25, 0.3) is 10.2 Å². The highest BCUT2D eigenvalue weighted by atomic mass is 32.1. The number of aromatic nitrogens is 1. The zero-order valence-electron chi connectivity index (χ0n) is 15.8. The summed E-state index contributed by atoms with van der Waals surface area (Å²) < 4.78 is 1.27. The van der Waals surface area contributed by atoms with Crippen LogP contribution < -0.4 is 4.90 Å². The maximum atomic E-state index is 12.6. The van der Waals surface area contributed by atoms with Crippen molar-refractivity contribution in [2.45, 2.75) is 25.7 Å². The molecule has 0 spiro atoms. The summed E-state index contributed by atoms with van der Waals surface area (Å²) in [5.41, 5.74) is 1.10. The van der Waals surface area contributed by atoms with E-state index >= 15 is 0 Å². The number of rotatable bonds is 3. The van der Waals surface area contributed by atoms with E-state index in [0.717, 1.165) is 31.4 Å². The van der Waals surface area contributed by atoms with Crippen LogP contribution in [0.15, 0.2) is 24.3 Å². The quantitative estimate of drug-likeness (QED) is 0.846. The predicted octanol–water partition coefficient (Wildman–Crippen LogP) is 0.749. The van der Waals surface area contributed by atoms with E-state index in [1.165, 1.54) is 14.6 Å². The summed E-state index contributed by atoms with van der Waals surface area (Å²) in [7, 11) is 0. The largest absolute Gasteiger partial charge is 0.339 e. The average Bonchev–Trinajstić information content (AvgIpc) is 3.13. The van der Waals surface area contributed by atoms with Gasteiger partial charge in [0.2, 0.25) is 5.91 Å². The molecule has 2 aliphatic rings. The highest BCUT2D eigenvalue weighted by molar-refractivity contribution is 7.18. The molecule has 6 nitrogen and oxygen atoms in total. The second-order valence-corrected chi connectivity index (χ2v) is 8.67. The van der Waals surface area contributed by atoms with E-state index < -0.39 is 0 Å². The summed E-state index contributed by atoms with van der Waals surface area (Å²) in [5, 5.41) is 1.25. The molecule has 7 heteroatoms. The number of likely N-dealkylation sites (tertiary alicyclic amines) is 1. The van der Waals surface area contributed by atoms with E-state index in [1.54, 1.807) is 6.92 Å². The van der Waals surface area contributed by atoms with Crippen molar-refractivity contribution in [2.24, 2.45) is 0 Å². The van der Waals surface area contributed by atoms with Crippen molar-refractivity contribution in [1.82, 2.24) is 14.8 Å². The molecular weight excluding hydrogens is 360 g/mol. The Bertz CT molecular complexity index is 787. The van der Waals surface area contributed by atoms with E-state index in [2.05, 4.69) is 18.2 Å². The molecule has 2 saturated heterocycles. The van der Waals surface area contributed by atoms with E-state index in [4.69, 9.17) is 4.98 Å². The number of hydrogen-bond donors (Lipinski definition) is 1. The van der Waals surface area contributed by atoms with Crippen LogP contribution in [0.5, 0.6) is 0 Å². The van der Waals surface area contributed by atoms with Gasteiger partial charge in [-0.1, -0.05) is 12.1 Å². The number of carbonyl (C=O) groups is 2. The normalized spacial score (nSPS) is 23.6. The van der Waals surface area contributed by atoms with Crippen LogP contribution in [-0.2, 0) is 9.59 Å². The molecule has 0 atom stereocenters. The van der Waals surface area contributed by atoms with Gasteiger partial charge in [-0.05, 0) is 12.1 Å². The first-order chi connectivity index (χ1) is 13.1. The molecule has 0 bridgehead atoms. The Balaban J connectivity index is 1.27. The van der Waals surface area contributed by atoms with Crippen LogP contribution in [0.3, 0.4) is 0 Å². The summed E-state index contributed by atoms with van der Waals surface area (Å²) in [6, 6.07) is 8.33. The number of amides is 2. The lowest BCUT2D eigenvalue weighted by Gasteiger charge is -2.35. The van der Waals surface area contributed by atoms with Gasteiger partial charge in [-0.3, -0.25) is 9.59 Å². The van der Waals surface area contributed by atoms with Crippen molar-refractivity contribution < 1.29 is 14.5 Å². The number of nitrogens with one attached hydrogen (secondary N) is 1. The summed E-state index contributed by atoms with van der Waals surface area (Å²) in [6.45, 7) is 6.88. The third kappa shape index (κ3) is 4.14. The standard InChI is InChI=1S/C20H26N4O2S/c1-15(25)23-10-12-24(13-11-23)19(26)14-22-8-6-16(7-9-22)20-21-17-4-2-3-5-18(17)27-20/h2-5,16H,6-14H2,1H3/p+1. The van der Waals surface area contributed by atoms with Crippen molar-refractivity contribution >= 4 is 33.4 Å². The topological polar surface area (TPSA) is 58.0 Å². The molecule has 144 valence electrons. The van der Waals surface area contributed by atoms with E-state index in [0.29, 0.717) is 38.6 Å². The fraction of sp³-hybridized carbons (Fsp3) is 0.550. The van der Waals surface area contributed by atoms with Gasteiger partial charge in [0.05, 0.1) is 28.3 Å². The van der Waals surface area contributed by atoms with Gasteiger partial charge in [-0.15, -0.1) is 11.3 Å². The van der Waals surface area contributed by atoms with Crippen LogP contribution in [0.1, 0.15) is 30.7 Å². The lowest BCUT2D eigenvalue weighted by atomic mass is 9.97. The molecule has 2 amide bonds. The first-order valence-electron chi connectivity index (χ1n) is 9.82. The third-order valence-corrected chi connectivity index (χ3v) is 7.03. The highest BCUT2D eigenvalue weighted by Gasteiger charge is 2.29. The summed E-state index contributed by atoms with van der Waals surface area (Å²) in [4.78, 5) is 34.0. The molecule has 4 rings (SSSR count). The van der Waals surface area contributed by atoms with Gasteiger partial charge in [0, 0.05) is 51.9 Å². The predicted molar refractivity (Wildman–Crippen MR) is 106 cm³/mol. The molecule has 27 heavy (non-hydrogen) atoms. The molecule has 0 saturated carbocycles. The highest BCUT2D eigenvalue weighted by Crippen LogP contribution is 2.31. The smallest absolute Gasteiger partial charge is 0.277 e. The van der Waals surface area contributed by atoms with Gasteiger partial charge in [0.25, 0.3) is 5.91 Å². The Morgan fingerprint density at radius 1 is 1.11 bits per heavy atom. The van der Waals surface area contributed by atoms with Crippen LogP contribution in [0.4, 0.5) is 0 Å². The van der Waals surface area contributed by atoms with Gasteiger partial charge >= 0.3 is 0 Å². The van der Waals surface area contributed by atoms with Crippen molar-refractivity contribution in [3.8, 4) is 0 Å². The van der Waals surface area contributed by atoms with E-state index in [9.17, 15) is 9.59 Å². The summed E-state index contributed by atoms with van der Waals surface area (Å²) in [6.07, 6.45) is 2.20. The van der Waals surface area contributed by atoms with Crippen molar-refractivity contribution in [3.63, 3.8) is 0 Å². The summed E-state index contributed by atoms with van der Waals surface area (Å²) >= 11 is 1.82.